The van der Waals surface area contributed by atoms with Gasteiger partial charge in [0.25, 0.3) is 0 Å². The Bertz CT molecular complexity index is 660. The van der Waals surface area contributed by atoms with Crippen molar-refractivity contribution in [3.8, 4) is 0 Å². The number of hydroxylamine groups is 2. The lowest BCUT2D eigenvalue weighted by Gasteiger charge is -2.30. The molecule has 3 rings (SSSR count). The number of amides is 1. The minimum absolute atomic E-state index is 0.00677. The van der Waals surface area contributed by atoms with E-state index in [2.05, 4.69) is 5.32 Å². The van der Waals surface area contributed by atoms with Crippen LogP contribution in [-0.4, -0.2) is 43.0 Å². The summed E-state index contributed by atoms with van der Waals surface area (Å²) in [7, 11) is 1.68. The fourth-order valence-corrected chi connectivity index (χ4v) is 4.47. The molecule has 1 aromatic carbocycles. The van der Waals surface area contributed by atoms with Crippen molar-refractivity contribution in [3.05, 3.63) is 33.8 Å². The van der Waals surface area contributed by atoms with Gasteiger partial charge in [-0.25, -0.2) is 0 Å². The molecule has 2 atom stereocenters. The van der Waals surface area contributed by atoms with Crippen molar-refractivity contribution < 1.29 is 14.4 Å². The first-order valence-electron chi connectivity index (χ1n) is 8.80. The summed E-state index contributed by atoms with van der Waals surface area (Å²) in [5.74, 6) is -0.460. The van der Waals surface area contributed by atoms with Crippen molar-refractivity contribution in [2.75, 3.05) is 20.2 Å². The fourth-order valence-electron chi connectivity index (χ4n) is 4.14. The van der Waals surface area contributed by atoms with E-state index in [9.17, 15) is 9.59 Å². The highest BCUT2D eigenvalue weighted by Gasteiger charge is 2.43. The van der Waals surface area contributed by atoms with Gasteiger partial charge in [0.1, 0.15) is 5.92 Å². The first-order valence-corrected chi connectivity index (χ1v) is 9.18. The number of benzene rings is 1. The Balaban J connectivity index is 1.73. The lowest BCUT2D eigenvalue weighted by Crippen LogP contribution is -2.37. The van der Waals surface area contributed by atoms with Gasteiger partial charge in [-0.2, -0.15) is 5.06 Å². The van der Waals surface area contributed by atoms with E-state index in [4.69, 9.17) is 16.4 Å². The number of piperidine rings is 1. The Morgan fingerprint density at radius 3 is 2.36 bits per heavy atom. The monoisotopic (exact) mass is 364 g/mol. The highest BCUT2D eigenvalue weighted by atomic mass is 35.5. The molecule has 2 saturated heterocycles. The molecule has 1 aromatic rings. The Hall–Kier alpha value is -1.43. The van der Waals surface area contributed by atoms with E-state index in [1.807, 2.05) is 31.0 Å². The number of ketones is 1. The molecule has 0 spiro atoms. The standard InChI is InChI=1S/C19H25ClN2O3/c1-11-8-14(20)9-12(2)16(11)17-18(23)15(21-19(17)24)10-13-4-6-22(25-3)7-5-13/h8-9,13,15,17H,4-7,10H2,1-3H3,(H,21,24). The molecule has 136 valence electrons. The van der Waals surface area contributed by atoms with E-state index in [1.54, 1.807) is 7.11 Å². The van der Waals surface area contributed by atoms with Crippen molar-refractivity contribution in [3.63, 3.8) is 0 Å². The summed E-state index contributed by atoms with van der Waals surface area (Å²) in [5.41, 5.74) is 2.60. The zero-order valence-corrected chi connectivity index (χ0v) is 15.7. The second kappa shape index (κ2) is 7.44. The largest absolute Gasteiger partial charge is 0.345 e. The van der Waals surface area contributed by atoms with E-state index < -0.39 is 5.92 Å². The normalized spacial score (nSPS) is 25.4. The Morgan fingerprint density at radius 2 is 1.80 bits per heavy atom. The number of nitrogens with zero attached hydrogens (tertiary/aromatic N) is 1. The van der Waals surface area contributed by atoms with Gasteiger partial charge in [-0.15, -0.1) is 0 Å². The molecule has 6 heteroatoms. The third-order valence-electron chi connectivity index (χ3n) is 5.45. The van der Waals surface area contributed by atoms with Crippen LogP contribution >= 0.6 is 11.6 Å². The molecule has 25 heavy (non-hydrogen) atoms. The number of carbonyl (C=O) groups excluding carboxylic acids is 2. The van der Waals surface area contributed by atoms with Crippen molar-refractivity contribution in [1.29, 1.82) is 0 Å². The Kier molecular flexibility index (Phi) is 5.46. The SMILES string of the molecule is CON1CCC(CC2NC(=O)C(c3c(C)cc(Cl)cc3C)C2=O)CC1. The molecule has 0 aromatic heterocycles. The van der Waals surface area contributed by atoms with E-state index in [0.29, 0.717) is 17.4 Å². The van der Waals surface area contributed by atoms with E-state index in [1.165, 1.54) is 0 Å². The predicted molar refractivity (Wildman–Crippen MR) is 96.5 cm³/mol. The maximum atomic E-state index is 12.9. The average Bonchev–Trinajstić information content (AvgIpc) is 2.82. The third kappa shape index (κ3) is 3.73. The number of hydrogen-bond donors (Lipinski definition) is 1. The first-order chi connectivity index (χ1) is 11.9. The van der Waals surface area contributed by atoms with E-state index in [-0.39, 0.29) is 17.7 Å². The van der Waals surface area contributed by atoms with Crippen LogP contribution in [-0.2, 0) is 14.4 Å². The molecule has 0 aliphatic carbocycles. The summed E-state index contributed by atoms with van der Waals surface area (Å²) in [6.07, 6.45) is 2.68. The van der Waals surface area contributed by atoms with Crippen LogP contribution in [0, 0.1) is 19.8 Å². The van der Waals surface area contributed by atoms with Gasteiger partial charge >= 0.3 is 0 Å². The second-order valence-electron chi connectivity index (χ2n) is 7.14. The molecular formula is C19H25ClN2O3. The average molecular weight is 365 g/mol. The van der Waals surface area contributed by atoms with E-state index >= 15 is 0 Å². The quantitative estimate of drug-likeness (QED) is 0.834. The molecule has 0 radical (unpaired) electrons. The first kappa shape index (κ1) is 18.4. The van der Waals surface area contributed by atoms with Crippen LogP contribution in [0.25, 0.3) is 0 Å². The number of Topliss-reactive ketones (excluding diaryl/α,β-unsaturated/α-hetero) is 1. The van der Waals surface area contributed by atoms with Gasteiger partial charge in [-0.05, 0) is 67.9 Å². The molecular weight excluding hydrogens is 340 g/mol. The van der Waals surface area contributed by atoms with Crippen LogP contribution in [0.5, 0.6) is 0 Å². The fraction of sp³-hybridized carbons (Fsp3) is 0.579. The van der Waals surface area contributed by atoms with Gasteiger partial charge < -0.3 is 10.2 Å². The van der Waals surface area contributed by atoms with Gasteiger partial charge in [-0.3, -0.25) is 9.59 Å². The van der Waals surface area contributed by atoms with Gasteiger partial charge in [0.15, 0.2) is 5.78 Å². The summed E-state index contributed by atoms with van der Waals surface area (Å²) in [6, 6.07) is 3.25. The zero-order chi connectivity index (χ0) is 18.1. The molecule has 2 aliphatic rings. The molecule has 0 bridgehead atoms. The third-order valence-corrected chi connectivity index (χ3v) is 5.67. The number of halogens is 1. The van der Waals surface area contributed by atoms with Crippen molar-refractivity contribution in [1.82, 2.24) is 10.4 Å². The maximum Gasteiger partial charge on any atom is 0.235 e. The molecule has 2 unspecified atom stereocenters. The van der Waals surface area contributed by atoms with Crippen LogP contribution in [0.1, 0.15) is 41.9 Å². The highest BCUT2D eigenvalue weighted by Crippen LogP contribution is 2.34. The summed E-state index contributed by atoms with van der Waals surface area (Å²) in [6.45, 7) is 5.55. The zero-order valence-electron chi connectivity index (χ0n) is 15.0. The smallest absolute Gasteiger partial charge is 0.235 e. The topological polar surface area (TPSA) is 58.6 Å². The summed E-state index contributed by atoms with van der Waals surface area (Å²) in [5, 5.41) is 5.50. The minimum Gasteiger partial charge on any atom is -0.345 e. The molecule has 1 amide bonds. The number of rotatable bonds is 4. The molecule has 2 heterocycles. The second-order valence-corrected chi connectivity index (χ2v) is 7.58. The lowest BCUT2D eigenvalue weighted by molar-refractivity contribution is -0.148. The van der Waals surface area contributed by atoms with Crippen molar-refractivity contribution in [2.45, 2.75) is 45.1 Å². The lowest BCUT2D eigenvalue weighted by atomic mass is 9.84. The van der Waals surface area contributed by atoms with Crippen LogP contribution in [0.3, 0.4) is 0 Å². The molecule has 2 aliphatic heterocycles. The summed E-state index contributed by atoms with van der Waals surface area (Å²) < 4.78 is 0. The predicted octanol–water partition coefficient (Wildman–Crippen LogP) is 2.77. The van der Waals surface area contributed by atoms with Gasteiger partial charge in [0.05, 0.1) is 13.2 Å². The number of nitrogens with one attached hydrogen (secondary N) is 1. The van der Waals surface area contributed by atoms with Crippen LogP contribution in [0.4, 0.5) is 0 Å². The molecule has 2 fully saturated rings. The maximum absolute atomic E-state index is 12.9. The minimum atomic E-state index is -0.707. The number of carbonyl (C=O) groups is 2. The summed E-state index contributed by atoms with van der Waals surface area (Å²) in [4.78, 5) is 30.7. The number of aryl methyl sites for hydroxylation is 2. The van der Waals surface area contributed by atoms with Gasteiger partial charge in [-0.1, -0.05) is 11.6 Å². The van der Waals surface area contributed by atoms with Gasteiger partial charge in [0.2, 0.25) is 5.91 Å². The highest BCUT2D eigenvalue weighted by molar-refractivity contribution is 6.30. The Morgan fingerprint density at radius 1 is 1.20 bits per heavy atom. The number of hydrogen-bond acceptors (Lipinski definition) is 4. The molecule has 0 saturated carbocycles. The van der Waals surface area contributed by atoms with E-state index in [0.717, 1.165) is 42.6 Å². The van der Waals surface area contributed by atoms with Crippen molar-refractivity contribution in [2.24, 2.45) is 5.92 Å². The van der Waals surface area contributed by atoms with Gasteiger partial charge in [0, 0.05) is 18.1 Å². The summed E-state index contributed by atoms with van der Waals surface area (Å²) >= 11 is 6.08. The Labute approximate surface area is 153 Å². The molecule has 5 nitrogen and oxygen atoms in total. The molecule has 1 N–H and O–H groups in total. The van der Waals surface area contributed by atoms with Crippen LogP contribution < -0.4 is 5.32 Å². The van der Waals surface area contributed by atoms with Crippen LogP contribution in [0.2, 0.25) is 5.02 Å². The van der Waals surface area contributed by atoms with Crippen molar-refractivity contribution >= 4 is 23.3 Å². The van der Waals surface area contributed by atoms with Crippen LogP contribution in [0.15, 0.2) is 12.1 Å².